The summed E-state index contributed by atoms with van der Waals surface area (Å²) in [5.74, 6) is 0.403. The quantitative estimate of drug-likeness (QED) is 0.897. The van der Waals surface area contributed by atoms with E-state index in [-0.39, 0.29) is 23.7 Å². The van der Waals surface area contributed by atoms with E-state index in [1.807, 2.05) is 24.3 Å². The Hall–Kier alpha value is -1.35. The van der Waals surface area contributed by atoms with Gasteiger partial charge in [0.15, 0.2) is 5.78 Å². The number of hydrogen-bond acceptors (Lipinski definition) is 2. The van der Waals surface area contributed by atoms with Crippen LogP contribution in [0, 0.1) is 5.92 Å². The molecule has 0 bridgehead atoms. The van der Waals surface area contributed by atoms with Crippen molar-refractivity contribution in [1.29, 1.82) is 0 Å². The predicted molar refractivity (Wildman–Crippen MR) is 89.0 cm³/mol. The molecule has 1 heterocycles. The lowest BCUT2D eigenvalue weighted by atomic mass is 9.88. The molecule has 0 radical (unpaired) electrons. The standard InChI is InChI=1S/C18H15Cl2NO/c19-14-7-11-12(8-15(14)20)18(22)17-13(11)9-21-16(17)6-10-4-2-1-3-5-10/h1-5,7-8,13,16-17,21H,6,9H2. The van der Waals surface area contributed by atoms with Crippen LogP contribution in [0.4, 0.5) is 0 Å². The zero-order valence-electron chi connectivity index (χ0n) is 11.9. The first-order chi connectivity index (χ1) is 10.6. The highest BCUT2D eigenvalue weighted by atomic mass is 35.5. The molecule has 1 N–H and O–H groups in total. The van der Waals surface area contributed by atoms with Crippen LogP contribution in [0.15, 0.2) is 42.5 Å². The Bertz CT molecular complexity index is 744. The second-order valence-electron chi connectivity index (χ2n) is 6.05. The molecule has 1 fully saturated rings. The van der Waals surface area contributed by atoms with Crippen LogP contribution in [0.3, 0.4) is 0 Å². The van der Waals surface area contributed by atoms with Crippen LogP contribution < -0.4 is 5.32 Å². The molecule has 2 aliphatic rings. The molecule has 22 heavy (non-hydrogen) atoms. The highest BCUT2D eigenvalue weighted by molar-refractivity contribution is 6.42. The van der Waals surface area contributed by atoms with Crippen LogP contribution in [0.25, 0.3) is 0 Å². The number of rotatable bonds is 2. The highest BCUT2D eigenvalue weighted by Crippen LogP contribution is 2.45. The van der Waals surface area contributed by atoms with Gasteiger partial charge in [-0.15, -0.1) is 0 Å². The van der Waals surface area contributed by atoms with Crippen LogP contribution in [-0.4, -0.2) is 18.4 Å². The third-order valence-electron chi connectivity index (χ3n) is 4.83. The van der Waals surface area contributed by atoms with E-state index in [2.05, 4.69) is 17.4 Å². The van der Waals surface area contributed by atoms with Crippen LogP contribution in [0.2, 0.25) is 10.0 Å². The van der Waals surface area contributed by atoms with Gasteiger partial charge in [-0.05, 0) is 29.7 Å². The third kappa shape index (κ3) is 2.18. The SMILES string of the molecule is O=C1c2cc(Cl)c(Cl)cc2C2CNC(Cc3ccccc3)C12. The molecule has 112 valence electrons. The zero-order chi connectivity index (χ0) is 15.3. The summed E-state index contributed by atoms with van der Waals surface area (Å²) in [6.45, 7) is 0.818. The largest absolute Gasteiger partial charge is 0.312 e. The smallest absolute Gasteiger partial charge is 0.168 e. The summed E-state index contributed by atoms with van der Waals surface area (Å²) in [4.78, 5) is 12.8. The molecule has 2 nitrogen and oxygen atoms in total. The van der Waals surface area contributed by atoms with E-state index in [1.54, 1.807) is 6.07 Å². The molecule has 3 atom stereocenters. The second kappa shape index (κ2) is 5.38. The minimum atomic E-state index is -0.00950. The molecule has 0 spiro atoms. The van der Waals surface area contributed by atoms with Crippen LogP contribution in [-0.2, 0) is 6.42 Å². The van der Waals surface area contributed by atoms with Gasteiger partial charge in [0.1, 0.15) is 0 Å². The molecule has 1 saturated heterocycles. The van der Waals surface area contributed by atoms with Crippen molar-refractivity contribution in [3.63, 3.8) is 0 Å². The lowest BCUT2D eigenvalue weighted by molar-refractivity contribution is 0.0920. The first-order valence-electron chi connectivity index (χ1n) is 7.45. The average molecular weight is 332 g/mol. The van der Waals surface area contributed by atoms with E-state index in [0.717, 1.165) is 24.1 Å². The fourth-order valence-corrected chi connectivity index (χ4v) is 4.15. The number of benzene rings is 2. The second-order valence-corrected chi connectivity index (χ2v) is 6.87. The fourth-order valence-electron chi connectivity index (χ4n) is 3.81. The number of nitrogens with one attached hydrogen (secondary N) is 1. The maximum Gasteiger partial charge on any atom is 0.168 e. The van der Waals surface area contributed by atoms with E-state index >= 15 is 0 Å². The van der Waals surface area contributed by atoms with Crippen molar-refractivity contribution in [2.45, 2.75) is 18.4 Å². The number of halogens is 2. The maximum absolute atomic E-state index is 12.8. The van der Waals surface area contributed by atoms with E-state index in [0.29, 0.717) is 10.0 Å². The van der Waals surface area contributed by atoms with Crippen molar-refractivity contribution in [1.82, 2.24) is 5.32 Å². The van der Waals surface area contributed by atoms with E-state index in [1.165, 1.54) is 5.56 Å². The Kier molecular flexibility index (Phi) is 3.48. The van der Waals surface area contributed by atoms with Gasteiger partial charge in [0.2, 0.25) is 0 Å². The van der Waals surface area contributed by atoms with Crippen molar-refractivity contribution in [2.24, 2.45) is 5.92 Å². The highest BCUT2D eigenvalue weighted by Gasteiger charge is 2.48. The molecule has 3 unspecified atom stereocenters. The Morgan fingerprint density at radius 2 is 1.82 bits per heavy atom. The summed E-state index contributed by atoms with van der Waals surface area (Å²) in [7, 11) is 0. The number of hydrogen-bond donors (Lipinski definition) is 1. The Balaban J connectivity index is 1.66. The summed E-state index contributed by atoms with van der Waals surface area (Å²) < 4.78 is 0. The van der Waals surface area contributed by atoms with Crippen LogP contribution in [0.5, 0.6) is 0 Å². The van der Waals surface area contributed by atoms with Gasteiger partial charge < -0.3 is 5.32 Å². The maximum atomic E-state index is 12.8. The molecule has 4 rings (SSSR count). The molecule has 0 saturated carbocycles. The third-order valence-corrected chi connectivity index (χ3v) is 5.55. The number of carbonyl (C=O) groups excluding carboxylic acids is 1. The van der Waals surface area contributed by atoms with Gasteiger partial charge in [-0.3, -0.25) is 4.79 Å². The number of carbonyl (C=O) groups is 1. The molecule has 0 amide bonds. The Morgan fingerprint density at radius 3 is 2.59 bits per heavy atom. The molecule has 1 aliphatic carbocycles. The summed E-state index contributed by atoms with van der Waals surface area (Å²) in [6.07, 6.45) is 0.864. The van der Waals surface area contributed by atoms with Crippen molar-refractivity contribution in [3.05, 3.63) is 69.2 Å². The summed E-state index contributed by atoms with van der Waals surface area (Å²) in [5.41, 5.74) is 3.05. The molecular formula is C18H15Cl2NO. The van der Waals surface area contributed by atoms with Gasteiger partial charge in [-0.1, -0.05) is 53.5 Å². The van der Waals surface area contributed by atoms with Gasteiger partial charge in [0.25, 0.3) is 0 Å². The first kappa shape index (κ1) is 14.3. The Morgan fingerprint density at radius 1 is 1.09 bits per heavy atom. The molecule has 2 aromatic carbocycles. The first-order valence-corrected chi connectivity index (χ1v) is 8.21. The Labute approximate surface area is 139 Å². The fraction of sp³-hybridized carbons (Fsp3) is 0.278. The lowest BCUT2D eigenvalue weighted by Gasteiger charge is -2.17. The molecule has 1 aliphatic heterocycles. The van der Waals surface area contributed by atoms with Crippen molar-refractivity contribution >= 4 is 29.0 Å². The molecule has 0 aromatic heterocycles. The molecule has 2 aromatic rings. The van der Waals surface area contributed by atoms with Crippen molar-refractivity contribution in [2.75, 3.05) is 6.54 Å². The van der Waals surface area contributed by atoms with E-state index < -0.39 is 0 Å². The predicted octanol–water partition coefficient (Wildman–Crippen LogP) is 4.10. The minimum absolute atomic E-state index is 0.00950. The molecular weight excluding hydrogens is 317 g/mol. The summed E-state index contributed by atoms with van der Waals surface area (Å²) >= 11 is 12.2. The molecule has 4 heteroatoms. The number of ketones is 1. The van der Waals surface area contributed by atoms with Crippen molar-refractivity contribution in [3.8, 4) is 0 Å². The topological polar surface area (TPSA) is 29.1 Å². The normalized spacial score (nSPS) is 26.1. The number of Topliss-reactive ketones (excluding diaryl/α,β-unsaturated/α-hetero) is 1. The van der Waals surface area contributed by atoms with E-state index in [9.17, 15) is 4.79 Å². The van der Waals surface area contributed by atoms with Gasteiger partial charge in [-0.25, -0.2) is 0 Å². The minimum Gasteiger partial charge on any atom is -0.312 e. The van der Waals surface area contributed by atoms with Gasteiger partial charge in [-0.2, -0.15) is 0 Å². The summed E-state index contributed by atoms with van der Waals surface area (Å²) in [5, 5.41) is 4.50. The zero-order valence-corrected chi connectivity index (χ0v) is 13.4. The van der Waals surface area contributed by atoms with Gasteiger partial charge in [0.05, 0.1) is 10.0 Å². The van der Waals surface area contributed by atoms with Crippen molar-refractivity contribution < 1.29 is 4.79 Å². The monoisotopic (exact) mass is 331 g/mol. The van der Waals surface area contributed by atoms with Crippen LogP contribution >= 0.6 is 23.2 Å². The lowest BCUT2D eigenvalue weighted by Crippen LogP contribution is -2.32. The van der Waals surface area contributed by atoms with Gasteiger partial charge in [0, 0.05) is 30.0 Å². The van der Waals surface area contributed by atoms with E-state index in [4.69, 9.17) is 23.2 Å². The van der Waals surface area contributed by atoms with Gasteiger partial charge >= 0.3 is 0 Å². The average Bonchev–Trinajstić information content (AvgIpc) is 3.03. The summed E-state index contributed by atoms with van der Waals surface area (Å²) in [6, 6.07) is 14.1. The number of fused-ring (bicyclic) bond motifs is 3. The van der Waals surface area contributed by atoms with Crippen LogP contribution in [0.1, 0.15) is 27.4 Å².